The molecule has 0 saturated heterocycles. The van der Waals surface area contributed by atoms with E-state index in [2.05, 4.69) is 20.4 Å². The van der Waals surface area contributed by atoms with Crippen molar-refractivity contribution in [1.29, 1.82) is 0 Å². The molecule has 2 aromatic rings. The van der Waals surface area contributed by atoms with Gasteiger partial charge in [0.2, 0.25) is 5.88 Å². The summed E-state index contributed by atoms with van der Waals surface area (Å²) >= 11 is 0. The van der Waals surface area contributed by atoms with Crippen LogP contribution in [0, 0.1) is 0 Å². The first kappa shape index (κ1) is 11.5. The number of nitrogens with one attached hydrogen (secondary N) is 1. The maximum atomic E-state index is 5.67. The topological polar surface area (TPSA) is 64.9 Å². The van der Waals surface area contributed by atoms with Gasteiger partial charge in [0, 0.05) is 24.8 Å². The molecule has 0 amide bonds. The first-order chi connectivity index (χ1) is 8.33. The predicted molar refractivity (Wildman–Crippen MR) is 62.8 cm³/mol. The minimum absolute atomic E-state index is 0.560. The number of rotatable bonds is 5. The lowest BCUT2D eigenvalue weighted by molar-refractivity contribution is 0.451. The third kappa shape index (κ3) is 2.79. The third-order valence-corrected chi connectivity index (χ3v) is 2.26. The summed E-state index contributed by atoms with van der Waals surface area (Å²) in [5.74, 6) is 1.24. The summed E-state index contributed by atoms with van der Waals surface area (Å²) in [7, 11) is 1.87. The highest BCUT2D eigenvalue weighted by molar-refractivity contribution is 5.27. The molecule has 17 heavy (non-hydrogen) atoms. The Morgan fingerprint density at radius 1 is 1.41 bits per heavy atom. The molecule has 0 radical (unpaired) electrons. The minimum atomic E-state index is 0.560. The predicted octanol–water partition coefficient (Wildman–Crippen LogP) is 1.20. The molecule has 0 unspecified atom stereocenters. The molecule has 0 fully saturated rings. The molecule has 2 rings (SSSR count). The standard InChI is InChI=1S/C11H15N5O/c1-3-16-7-10(6-15-16)17-11-9(4-12-2)5-13-8-14-11/h5-8,12H,3-4H2,1-2H3. The molecule has 2 aromatic heterocycles. The fourth-order valence-electron chi connectivity index (χ4n) is 1.43. The van der Waals surface area contributed by atoms with Gasteiger partial charge in [-0.1, -0.05) is 0 Å². The zero-order chi connectivity index (χ0) is 12.1. The van der Waals surface area contributed by atoms with E-state index in [1.165, 1.54) is 6.33 Å². The molecule has 2 heterocycles. The lowest BCUT2D eigenvalue weighted by atomic mass is 10.3. The summed E-state index contributed by atoms with van der Waals surface area (Å²) in [5, 5.41) is 7.18. The van der Waals surface area contributed by atoms with Crippen molar-refractivity contribution in [2.75, 3.05) is 7.05 Å². The Morgan fingerprint density at radius 2 is 2.29 bits per heavy atom. The van der Waals surface area contributed by atoms with E-state index in [1.54, 1.807) is 17.1 Å². The SMILES string of the molecule is CCn1cc(Oc2ncncc2CNC)cn1. The molecule has 0 saturated carbocycles. The zero-order valence-electron chi connectivity index (χ0n) is 9.92. The highest BCUT2D eigenvalue weighted by Crippen LogP contribution is 2.21. The van der Waals surface area contributed by atoms with Crippen LogP contribution in [0.1, 0.15) is 12.5 Å². The van der Waals surface area contributed by atoms with Crippen molar-refractivity contribution in [3.05, 3.63) is 30.5 Å². The van der Waals surface area contributed by atoms with Gasteiger partial charge < -0.3 is 10.1 Å². The number of ether oxygens (including phenoxy) is 1. The molecule has 0 aromatic carbocycles. The Labute approximate surface area is 99.7 Å². The van der Waals surface area contributed by atoms with Gasteiger partial charge >= 0.3 is 0 Å². The average molecular weight is 233 g/mol. The lowest BCUT2D eigenvalue weighted by Crippen LogP contribution is -2.07. The van der Waals surface area contributed by atoms with Crippen LogP contribution in [0.15, 0.2) is 24.9 Å². The Bertz CT molecular complexity index is 482. The highest BCUT2D eigenvalue weighted by Gasteiger charge is 2.07. The van der Waals surface area contributed by atoms with Gasteiger partial charge in [0.15, 0.2) is 5.75 Å². The Kier molecular flexibility index (Phi) is 3.66. The molecule has 1 N–H and O–H groups in total. The summed E-state index contributed by atoms with van der Waals surface area (Å²) in [6.45, 7) is 3.50. The molecule has 6 nitrogen and oxygen atoms in total. The average Bonchev–Trinajstić information content (AvgIpc) is 2.80. The normalized spacial score (nSPS) is 10.5. The number of nitrogens with zero attached hydrogens (tertiary/aromatic N) is 4. The first-order valence-electron chi connectivity index (χ1n) is 5.47. The first-order valence-corrected chi connectivity index (χ1v) is 5.47. The molecular weight excluding hydrogens is 218 g/mol. The zero-order valence-corrected chi connectivity index (χ0v) is 9.92. The van der Waals surface area contributed by atoms with Crippen LogP contribution >= 0.6 is 0 Å². The second-order valence-electron chi connectivity index (χ2n) is 3.52. The molecule has 0 aliphatic heterocycles. The van der Waals surface area contributed by atoms with Crippen LogP contribution in [0.25, 0.3) is 0 Å². The monoisotopic (exact) mass is 233 g/mol. The van der Waals surface area contributed by atoms with Crippen molar-refractivity contribution in [2.24, 2.45) is 0 Å². The van der Waals surface area contributed by atoms with Crippen LogP contribution in [0.2, 0.25) is 0 Å². The third-order valence-electron chi connectivity index (χ3n) is 2.26. The second-order valence-corrected chi connectivity index (χ2v) is 3.52. The van der Waals surface area contributed by atoms with Crippen molar-refractivity contribution < 1.29 is 4.74 Å². The molecule has 0 aliphatic carbocycles. The van der Waals surface area contributed by atoms with Gasteiger partial charge in [-0.05, 0) is 14.0 Å². The second kappa shape index (κ2) is 5.40. The molecule has 0 atom stereocenters. The molecule has 0 spiro atoms. The minimum Gasteiger partial charge on any atom is -0.435 e. The Balaban J connectivity index is 2.17. The van der Waals surface area contributed by atoms with E-state index in [0.717, 1.165) is 12.1 Å². The molecule has 90 valence electrons. The highest BCUT2D eigenvalue weighted by atomic mass is 16.5. The fourth-order valence-corrected chi connectivity index (χ4v) is 1.43. The van der Waals surface area contributed by atoms with Crippen molar-refractivity contribution in [2.45, 2.75) is 20.0 Å². The van der Waals surface area contributed by atoms with Gasteiger partial charge in [0.05, 0.1) is 12.4 Å². The van der Waals surface area contributed by atoms with E-state index in [0.29, 0.717) is 18.2 Å². The Morgan fingerprint density at radius 3 is 3.00 bits per heavy atom. The summed E-state index contributed by atoms with van der Waals surface area (Å²) in [4.78, 5) is 8.09. The van der Waals surface area contributed by atoms with E-state index >= 15 is 0 Å². The summed E-state index contributed by atoms with van der Waals surface area (Å²) in [6.07, 6.45) is 6.72. The van der Waals surface area contributed by atoms with Crippen molar-refractivity contribution in [3.8, 4) is 11.6 Å². The molecular formula is C11H15N5O. The van der Waals surface area contributed by atoms with Crippen LogP contribution in [0.3, 0.4) is 0 Å². The van der Waals surface area contributed by atoms with Crippen LogP contribution < -0.4 is 10.1 Å². The number of aryl methyl sites for hydroxylation is 1. The summed E-state index contributed by atoms with van der Waals surface area (Å²) < 4.78 is 7.47. The summed E-state index contributed by atoms with van der Waals surface area (Å²) in [6, 6.07) is 0. The quantitative estimate of drug-likeness (QED) is 0.840. The van der Waals surface area contributed by atoms with E-state index < -0.39 is 0 Å². The van der Waals surface area contributed by atoms with Gasteiger partial charge in [-0.15, -0.1) is 0 Å². The lowest BCUT2D eigenvalue weighted by Gasteiger charge is -2.06. The van der Waals surface area contributed by atoms with Crippen LogP contribution in [-0.4, -0.2) is 26.8 Å². The van der Waals surface area contributed by atoms with Crippen molar-refractivity contribution in [1.82, 2.24) is 25.1 Å². The maximum absolute atomic E-state index is 5.67. The van der Waals surface area contributed by atoms with E-state index in [9.17, 15) is 0 Å². The van der Waals surface area contributed by atoms with E-state index in [1.807, 2.05) is 20.2 Å². The molecule has 6 heteroatoms. The maximum Gasteiger partial charge on any atom is 0.226 e. The number of hydrogen-bond donors (Lipinski definition) is 1. The van der Waals surface area contributed by atoms with Gasteiger partial charge in [0.25, 0.3) is 0 Å². The van der Waals surface area contributed by atoms with Crippen molar-refractivity contribution in [3.63, 3.8) is 0 Å². The van der Waals surface area contributed by atoms with Gasteiger partial charge in [-0.25, -0.2) is 9.97 Å². The van der Waals surface area contributed by atoms with Gasteiger partial charge in [-0.3, -0.25) is 4.68 Å². The van der Waals surface area contributed by atoms with Crippen molar-refractivity contribution >= 4 is 0 Å². The largest absolute Gasteiger partial charge is 0.435 e. The van der Waals surface area contributed by atoms with Gasteiger partial charge in [-0.2, -0.15) is 5.10 Å². The van der Waals surface area contributed by atoms with Crippen LogP contribution in [0.4, 0.5) is 0 Å². The van der Waals surface area contributed by atoms with Crippen LogP contribution in [0.5, 0.6) is 11.6 Å². The van der Waals surface area contributed by atoms with Gasteiger partial charge in [0.1, 0.15) is 6.33 Å². The van der Waals surface area contributed by atoms with Crippen LogP contribution in [-0.2, 0) is 13.1 Å². The summed E-state index contributed by atoms with van der Waals surface area (Å²) in [5.41, 5.74) is 0.916. The van der Waals surface area contributed by atoms with E-state index in [-0.39, 0.29) is 0 Å². The number of hydrogen-bond acceptors (Lipinski definition) is 5. The smallest absolute Gasteiger partial charge is 0.226 e. The fraction of sp³-hybridized carbons (Fsp3) is 0.364. The van der Waals surface area contributed by atoms with E-state index in [4.69, 9.17) is 4.74 Å². The Hall–Kier alpha value is -1.95. The molecule has 0 bridgehead atoms. The number of aromatic nitrogens is 4. The molecule has 0 aliphatic rings.